The highest BCUT2D eigenvalue weighted by molar-refractivity contribution is 6.18. The molecule has 0 aromatic carbocycles. The van der Waals surface area contributed by atoms with Crippen LogP contribution in [0.1, 0.15) is 52.4 Å². The second-order valence-corrected chi connectivity index (χ2v) is 6.34. The van der Waals surface area contributed by atoms with E-state index < -0.39 is 5.44 Å². The number of rotatable bonds is 0. The van der Waals surface area contributed by atoms with Crippen molar-refractivity contribution in [2.45, 2.75) is 57.8 Å². The fourth-order valence-electron chi connectivity index (χ4n) is 3.84. The summed E-state index contributed by atoms with van der Waals surface area (Å²) in [6.07, 6.45) is 10.4. The van der Waals surface area contributed by atoms with E-state index in [2.05, 4.69) is 22.9 Å². The van der Waals surface area contributed by atoms with Crippen molar-refractivity contribution in [3.8, 4) is 0 Å². The normalized spacial score (nSPS) is 35.5. The van der Waals surface area contributed by atoms with Crippen molar-refractivity contribution >= 4 is 13.7 Å². The Bertz CT molecular complexity index is 389. The van der Waals surface area contributed by atoms with Crippen molar-refractivity contribution in [1.29, 1.82) is 0 Å². The van der Waals surface area contributed by atoms with Crippen molar-refractivity contribution < 1.29 is 0 Å². The zero-order valence-corrected chi connectivity index (χ0v) is 11.0. The molecule has 0 amide bonds. The summed E-state index contributed by atoms with van der Waals surface area (Å²) >= 11 is 0. The number of hydrogen-bond acceptors (Lipinski definition) is 2. The molecule has 1 saturated carbocycles. The predicted molar refractivity (Wildman–Crippen MR) is 72.2 cm³/mol. The Labute approximate surface area is 106 Å². The molecular weight excluding hydrogens is 207 g/mol. The van der Waals surface area contributed by atoms with E-state index in [-0.39, 0.29) is 0 Å². The van der Waals surface area contributed by atoms with Gasteiger partial charge in [0.1, 0.15) is 7.85 Å². The largest absolute Gasteiger partial charge is 0.334 e. The number of allylic oxidation sites excluding steroid dienone is 1. The van der Waals surface area contributed by atoms with Crippen LogP contribution >= 0.6 is 0 Å². The lowest BCUT2D eigenvalue weighted by Crippen LogP contribution is -2.37. The predicted octanol–water partition coefficient (Wildman–Crippen LogP) is 2.84. The van der Waals surface area contributed by atoms with Crippen LogP contribution in [0.5, 0.6) is 0 Å². The van der Waals surface area contributed by atoms with Crippen LogP contribution in [0.2, 0.25) is 0 Å². The molecule has 0 bridgehead atoms. The van der Waals surface area contributed by atoms with E-state index in [1.807, 2.05) is 6.92 Å². The molecule has 0 aromatic rings. The third kappa shape index (κ3) is 1.94. The lowest BCUT2D eigenvalue weighted by Gasteiger charge is -2.33. The van der Waals surface area contributed by atoms with E-state index in [1.165, 1.54) is 50.8 Å². The zero-order chi connectivity index (χ0) is 12.1. The maximum atomic E-state index is 6.15. The van der Waals surface area contributed by atoms with Gasteiger partial charge in [0.15, 0.2) is 0 Å². The molecule has 1 unspecified atom stereocenters. The number of aliphatic imine (C=N–C) groups is 1. The molecule has 90 valence electrons. The van der Waals surface area contributed by atoms with Crippen molar-refractivity contribution in [1.82, 2.24) is 4.90 Å². The van der Waals surface area contributed by atoms with Gasteiger partial charge in [-0.05, 0) is 44.6 Å². The van der Waals surface area contributed by atoms with E-state index in [0.717, 1.165) is 5.84 Å². The van der Waals surface area contributed by atoms with Gasteiger partial charge in [0.05, 0.1) is 5.84 Å². The Morgan fingerprint density at radius 2 is 2.00 bits per heavy atom. The average Bonchev–Trinajstić information content (AvgIpc) is 2.56. The van der Waals surface area contributed by atoms with Gasteiger partial charge < -0.3 is 4.90 Å². The summed E-state index contributed by atoms with van der Waals surface area (Å²) in [4.78, 5) is 6.98. The summed E-state index contributed by atoms with van der Waals surface area (Å²) in [6.45, 7) is 5.26. The molecule has 1 aliphatic carbocycles. The third-order valence-corrected chi connectivity index (χ3v) is 4.56. The Kier molecular flexibility index (Phi) is 2.43. The third-order valence-electron chi connectivity index (χ3n) is 4.56. The quantitative estimate of drug-likeness (QED) is 0.582. The molecule has 2 aliphatic heterocycles. The van der Waals surface area contributed by atoms with Crippen molar-refractivity contribution in [2.24, 2.45) is 10.4 Å². The van der Waals surface area contributed by atoms with E-state index in [1.54, 1.807) is 0 Å². The molecule has 2 heterocycles. The number of nitrogens with zero attached hydrogens (tertiary/aromatic N) is 2. The fourth-order valence-corrected chi connectivity index (χ4v) is 3.84. The van der Waals surface area contributed by atoms with Gasteiger partial charge in [0, 0.05) is 17.7 Å². The van der Waals surface area contributed by atoms with Gasteiger partial charge in [0.2, 0.25) is 0 Å². The first-order valence-electron chi connectivity index (χ1n) is 6.84. The fraction of sp³-hybridized carbons (Fsp3) is 0.786. The van der Waals surface area contributed by atoms with Crippen LogP contribution in [0.15, 0.2) is 16.8 Å². The first-order valence-corrected chi connectivity index (χ1v) is 6.84. The second kappa shape index (κ2) is 3.63. The number of amidine groups is 1. The van der Waals surface area contributed by atoms with E-state index in [0.29, 0.717) is 5.41 Å². The van der Waals surface area contributed by atoms with Gasteiger partial charge in [-0.3, -0.25) is 4.99 Å². The first kappa shape index (κ1) is 11.4. The van der Waals surface area contributed by atoms with E-state index in [9.17, 15) is 0 Å². The minimum atomic E-state index is -0.490. The van der Waals surface area contributed by atoms with Crippen LogP contribution in [-0.2, 0) is 0 Å². The monoisotopic (exact) mass is 228 g/mol. The summed E-state index contributed by atoms with van der Waals surface area (Å²) in [5.41, 5.74) is 1.46. The van der Waals surface area contributed by atoms with Gasteiger partial charge in [-0.2, -0.15) is 0 Å². The SMILES string of the molecule is [B]C1(C)C=C2CC3(CCCCC3)CN2C(C)=N1. The van der Waals surface area contributed by atoms with Crippen molar-refractivity contribution in [2.75, 3.05) is 6.54 Å². The molecule has 1 saturated heterocycles. The Balaban J connectivity index is 1.89. The molecule has 17 heavy (non-hydrogen) atoms. The van der Waals surface area contributed by atoms with E-state index in [4.69, 9.17) is 7.85 Å². The first-order chi connectivity index (χ1) is 8.00. The van der Waals surface area contributed by atoms with Gasteiger partial charge in [0.25, 0.3) is 0 Å². The minimum Gasteiger partial charge on any atom is -0.334 e. The van der Waals surface area contributed by atoms with Crippen molar-refractivity contribution in [3.05, 3.63) is 11.8 Å². The lowest BCUT2D eigenvalue weighted by atomic mass is 9.72. The lowest BCUT2D eigenvalue weighted by molar-refractivity contribution is 0.204. The highest BCUT2D eigenvalue weighted by atomic mass is 15.2. The zero-order valence-electron chi connectivity index (χ0n) is 11.0. The van der Waals surface area contributed by atoms with Gasteiger partial charge in [-0.15, -0.1) is 0 Å². The topological polar surface area (TPSA) is 15.6 Å². The molecule has 2 nitrogen and oxygen atoms in total. The molecule has 2 fully saturated rings. The summed E-state index contributed by atoms with van der Waals surface area (Å²) in [5, 5.41) is 0. The average molecular weight is 228 g/mol. The van der Waals surface area contributed by atoms with Crippen molar-refractivity contribution in [3.63, 3.8) is 0 Å². The molecule has 3 aliphatic rings. The van der Waals surface area contributed by atoms with Crippen LogP contribution in [0, 0.1) is 5.41 Å². The highest BCUT2D eigenvalue weighted by Crippen LogP contribution is 2.49. The molecule has 3 rings (SSSR count). The second-order valence-electron chi connectivity index (χ2n) is 6.34. The molecule has 2 radical (unpaired) electrons. The Morgan fingerprint density at radius 1 is 1.29 bits per heavy atom. The smallest absolute Gasteiger partial charge is 0.112 e. The number of hydrogen-bond donors (Lipinski definition) is 0. The maximum absolute atomic E-state index is 6.15. The van der Waals surface area contributed by atoms with Crippen LogP contribution in [0.3, 0.4) is 0 Å². The summed E-state index contributed by atoms with van der Waals surface area (Å²) in [7, 11) is 6.15. The number of fused-ring (bicyclic) bond motifs is 1. The molecule has 3 heteroatoms. The van der Waals surface area contributed by atoms with Crippen LogP contribution in [0.4, 0.5) is 0 Å². The van der Waals surface area contributed by atoms with Gasteiger partial charge >= 0.3 is 0 Å². The molecule has 1 spiro atoms. The van der Waals surface area contributed by atoms with Crippen LogP contribution < -0.4 is 0 Å². The molecule has 1 atom stereocenters. The summed E-state index contributed by atoms with van der Waals surface area (Å²) in [5.74, 6) is 1.11. The van der Waals surface area contributed by atoms with Gasteiger partial charge in [-0.1, -0.05) is 19.3 Å². The summed E-state index contributed by atoms with van der Waals surface area (Å²) in [6, 6.07) is 0. The van der Waals surface area contributed by atoms with E-state index >= 15 is 0 Å². The summed E-state index contributed by atoms with van der Waals surface area (Å²) < 4.78 is 0. The Morgan fingerprint density at radius 3 is 2.71 bits per heavy atom. The molecule has 0 aromatic heterocycles. The highest BCUT2D eigenvalue weighted by Gasteiger charge is 2.43. The van der Waals surface area contributed by atoms with Crippen LogP contribution in [-0.4, -0.2) is 30.6 Å². The Hall–Kier alpha value is -0.725. The standard InChI is InChI=1S/C14H21BN2/c1-11-16-13(2,15)8-12-9-14(10-17(11)12)6-4-3-5-7-14/h8H,3-7,9-10H2,1-2H3. The minimum absolute atomic E-state index is 0.490. The van der Waals surface area contributed by atoms with Gasteiger partial charge in [-0.25, -0.2) is 0 Å². The molecule has 0 N–H and O–H groups in total. The maximum Gasteiger partial charge on any atom is 0.112 e. The van der Waals surface area contributed by atoms with Crippen LogP contribution in [0.25, 0.3) is 0 Å². The molecular formula is C14H21BN2.